The molecule has 2 aromatic rings. The van der Waals surface area contributed by atoms with Crippen molar-refractivity contribution in [1.82, 2.24) is 10.1 Å². The summed E-state index contributed by atoms with van der Waals surface area (Å²) in [6.45, 7) is 2.58. The summed E-state index contributed by atoms with van der Waals surface area (Å²) in [4.78, 5) is 13.8. The summed E-state index contributed by atoms with van der Waals surface area (Å²) in [5, 5.41) is 13.8. The summed E-state index contributed by atoms with van der Waals surface area (Å²) in [5.74, 6) is 0.537. The monoisotopic (exact) mass is 340 g/mol. The van der Waals surface area contributed by atoms with Crippen LogP contribution >= 0.6 is 0 Å². The van der Waals surface area contributed by atoms with Gasteiger partial charge in [-0.1, -0.05) is 47.8 Å². The first-order valence-corrected chi connectivity index (χ1v) is 9.13. The lowest BCUT2D eigenvalue weighted by Gasteiger charge is -2.32. The molecule has 1 aromatic heterocycles. The second kappa shape index (κ2) is 6.64. The zero-order valence-corrected chi connectivity index (χ0v) is 14.5. The van der Waals surface area contributed by atoms with E-state index < -0.39 is 12.0 Å². The molecule has 4 rings (SSSR count). The molecule has 0 spiro atoms. The van der Waals surface area contributed by atoms with Gasteiger partial charge in [-0.05, 0) is 32.1 Å². The van der Waals surface area contributed by atoms with Gasteiger partial charge in [0.1, 0.15) is 11.7 Å². The van der Waals surface area contributed by atoms with Gasteiger partial charge in [0.05, 0.1) is 6.54 Å². The maximum atomic E-state index is 11.7. The van der Waals surface area contributed by atoms with E-state index >= 15 is 0 Å². The molecular formula is C20H24N2O3. The van der Waals surface area contributed by atoms with Gasteiger partial charge in [0.2, 0.25) is 0 Å². The molecule has 1 aliphatic carbocycles. The van der Waals surface area contributed by atoms with Crippen molar-refractivity contribution >= 4 is 5.97 Å². The number of aromatic nitrogens is 1. The second-order valence-electron chi connectivity index (χ2n) is 7.42. The zero-order valence-electron chi connectivity index (χ0n) is 14.5. The average Bonchev–Trinajstić information content (AvgIpc) is 3.21. The number of likely N-dealkylation sites (tertiary alicyclic amines) is 1. The summed E-state index contributed by atoms with van der Waals surface area (Å²) in [5.41, 5.74) is 3.03. The van der Waals surface area contributed by atoms with Crippen molar-refractivity contribution in [3.05, 3.63) is 41.7 Å². The van der Waals surface area contributed by atoms with Crippen LogP contribution in [0.5, 0.6) is 0 Å². The van der Waals surface area contributed by atoms with E-state index in [1.54, 1.807) is 0 Å². The lowest BCUT2D eigenvalue weighted by atomic mass is 9.85. The first-order valence-electron chi connectivity index (χ1n) is 9.13. The predicted molar refractivity (Wildman–Crippen MR) is 94.0 cm³/mol. The molecule has 25 heavy (non-hydrogen) atoms. The SMILES string of the molecule is Cc1ccc(-c2cc(CN3[C@@H]4CCCC[C@@H]4C[C@H]3C(=O)O)on2)cc1. The number of hydrogen-bond donors (Lipinski definition) is 1. The minimum atomic E-state index is -0.715. The number of rotatable bonds is 4. The van der Waals surface area contributed by atoms with Crippen LogP contribution < -0.4 is 0 Å². The summed E-state index contributed by atoms with van der Waals surface area (Å²) in [7, 11) is 0. The number of aryl methyl sites for hydroxylation is 1. The molecule has 0 unspecified atom stereocenters. The van der Waals surface area contributed by atoms with E-state index in [0.717, 1.165) is 36.3 Å². The van der Waals surface area contributed by atoms with Crippen LogP contribution in [0.25, 0.3) is 11.3 Å². The molecule has 2 heterocycles. The standard InChI is InChI=1S/C20H24N2O3/c1-13-6-8-14(9-7-13)17-11-16(25-21-17)12-22-18-5-3-2-4-15(18)10-19(22)20(23)24/h6-9,11,15,18-19H,2-5,10,12H2,1H3,(H,23,24)/t15-,18-,19+/m1/s1. The Morgan fingerprint density at radius 2 is 2.04 bits per heavy atom. The molecule has 1 aromatic carbocycles. The minimum absolute atomic E-state index is 0.364. The fraction of sp³-hybridized carbons (Fsp3) is 0.500. The van der Waals surface area contributed by atoms with Crippen molar-refractivity contribution in [2.75, 3.05) is 0 Å². The molecule has 2 fully saturated rings. The van der Waals surface area contributed by atoms with Crippen LogP contribution in [0.15, 0.2) is 34.9 Å². The normalized spacial score (nSPS) is 26.5. The largest absolute Gasteiger partial charge is 0.480 e. The summed E-state index contributed by atoms with van der Waals surface area (Å²) in [6.07, 6.45) is 5.42. The van der Waals surface area contributed by atoms with Gasteiger partial charge in [0.15, 0.2) is 5.76 Å². The third-order valence-corrected chi connectivity index (χ3v) is 5.75. The molecule has 1 saturated heterocycles. The molecule has 3 atom stereocenters. The lowest BCUT2D eigenvalue weighted by molar-refractivity contribution is -0.143. The Hall–Kier alpha value is -2.14. The number of carbonyl (C=O) groups is 1. The van der Waals surface area contributed by atoms with E-state index in [1.807, 2.05) is 18.2 Å². The molecule has 1 N–H and O–H groups in total. The summed E-state index contributed by atoms with van der Waals surface area (Å²) < 4.78 is 5.53. The molecule has 5 heteroatoms. The molecule has 132 valence electrons. The van der Waals surface area contributed by atoms with Crippen molar-refractivity contribution in [1.29, 1.82) is 0 Å². The fourth-order valence-electron chi connectivity index (χ4n) is 4.45. The van der Waals surface area contributed by atoms with E-state index in [-0.39, 0.29) is 0 Å². The van der Waals surface area contributed by atoms with Gasteiger partial charge >= 0.3 is 5.97 Å². The summed E-state index contributed by atoms with van der Waals surface area (Å²) in [6, 6.07) is 10.1. The topological polar surface area (TPSA) is 66.6 Å². The van der Waals surface area contributed by atoms with Crippen LogP contribution in [0, 0.1) is 12.8 Å². The molecule has 2 aliphatic rings. The fourth-order valence-corrected chi connectivity index (χ4v) is 4.45. The molecule has 1 saturated carbocycles. The zero-order chi connectivity index (χ0) is 17.4. The van der Waals surface area contributed by atoms with Crippen LogP contribution in [0.1, 0.15) is 43.4 Å². The van der Waals surface area contributed by atoms with Crippen LogP contribution in [-0.4, -0.2) is 33.2 Å². The first kappa shape index (κ1) is 16.3. The average molecular weight is 340 g/mol. The number of fused-ring (bicyclic) bond motifs is 1. The maximum Gasteiger partial charge on any atom is 0.320 e. The highest BCUT2D eigenvalue weighted by molar-refractivity contribution is 5.74. The molecule has 0 amide bonds. The number of nitrogens with zero attached hydrogens (tertiary/aromatic N) is 2. The van der Waals surface area contributed by atoms with Crippen molar-refractivity contribution in [3.63, 3.8) is 0 Å². The second-order valence-corrected chi connectivity index (χ2v) is 7.42. The Bertz CT molecular complexity index is 753. The molecule has 0 bridgehead atoms. The lowest BCUT2D eigenvalue weighted by Crippen LogP contribution is -2.41. The number of benzene rings is 1. The van der Waals surface area contributed by atoms with E-state index in [4.69, 9.17) is 4.52 Å². The van der Waals surface area contributed by atoms with E-state index in [0.29, 0.717) is 18.5 Å². The van der Waals surface area contributed by atoms with E-state index in [2.05, 4.69) is 29.1 Å². The maximum absolute atomic E-state index is 11.7. The van der Waals surface area contributed by atoms with E-state index in [1.165, 1.54) is 18.4 Å². The molecule has 1 aliphatic heterocycles. The number of carboxylic acids is 1. The predicted octanol–water partition coefficient (Wildman–Crippen LogP) is 3.87. The quantitative estimate of drug-likeness (QED) is 0.915. The molecule has 5 nitrogen and oxygen atoms in total. The van der Waals surface area contributed by atoms with Crippen molar-refractivity contribution < 1.29 is 14.4 Å². The van der Waals surface area contributed by atoms with Gasteiger partial charge in [-0.3, -0.25) is 9.69 Å². The van der Waals surface area contributed by atoms with Gasteiger partial charge in [0.25, 0.3) is 0 Å². The third kappa shape index (κ3) is 3.21. The van der Waals surface area contributed by atoms with Gasteiger partial charge in [-0.2, -0.15) is 0 Å². The van der Waals surface area contributed by atoms with Crippen LogP contribution in [-0.2, 0) is 11.3 Å². The van der Waals surface area contributed by atoms with Crippen molar-refractivity contribution in [3.8, 4) is 11.3 Å². The van der Waals surface area contributed by atoms with Crippen molar-refractivity contribution in [2.45, 2.75) is 57.7 Å². The number of aliphatic carboxylic acids is 1. The van der Waals surface area contributed by atoms with Crippen molar-refractivity contribution in [2.24, 2.45) is 5.92 Å². The van der Waals surface area contributed by atoms with E-state index in [9.17, 15) is 9.90 Å². The Labute approximate surface area is 147 Å². The van der Waals surface area contributed by atoms with Gasteiger partial charge in [-0.15, -0.1) is 0 Å². The van der Waals surface area contributed by atoms with Gasteiger partial charge < -0.3 is 9.63 Å². The Morgan fingerprint density at radius 1 is 1.28 bits per heavy atom. The Kier molecular flexibility index (Phi) is 4.34. The van der Waals surface area contributed by atoms with Crippen LogP contribution in [0.4, 0.5) is 0 Å². The first-order chi connectivity index (χ1) is 12.1. The third-order valence-electron chi connectivity index (χ3n) is 5.75. The van der Waals surface area contributed by atoms with Crippen LogP contribution in [0.3, 0.4) is 0 Å². The summed E-state index contributed by atoms with van der Waals surface area (Å²) >= 11 is 0. The van der Waals surface area contributed by atoms with Gasteiger partial charge in [-0.25, -0.2) is 0 Å². The minimum Gasteiger partial charge on any atom is -0.480 e. The molecular weight excluding hydrogens is 316 g/mol. The Morgan fingerprint density at radius 3 is 2.80 bits per heavy atom. The Balaban J connectivity index is 1.54. The smallest absolute Gasteiger partial charge is 0.320 e. The van der Waals surface area contributed by atoms with Gasteiger partial charge in [0, 0.05) is 17.7 Å². The highest BCUT2D eigenvalue weighted by Gasteiger charge is 2.45. The van der Waals surface area contributed by atoms with Crippen LogP contribution in [0.2, 0.25) is 0 Å². The number of hydrogen-bond acceptors (Lipinski definition) is 4. The molecule has 0 radical (unpaired) electrons. The number of carboxylic acid groups (broad SMARTS) is 1. The highest BCUT2D eigenvalue weighted by Crippen LogP contribution is 2.40. The highest BCUT2D eigenvalue weighted by atomic mass is 16.5.